The Labute approximate surface area is 156 Å². The van der Waals surface area contributed by atoms with Crippen LogP contribution >= 0.6 is 0 Å². The number of ether oxygens (including phenoxy) is 2. The number of hydrogen-bond donors (Lipinski definition) is 1. The molecule has 0 spiro atoms. The van der Waals surface area contributed by atoms with Crippen LogP contribution < -0.4 is 9.46 Å². The maximum atomic E-state index is 12.4. The lowest BCUT2D eigenvalue weighted by Crippen LogP contribution is -2.42. The zero-order chi connectivity index (χ0) is 19.0. The number of benzene rings is 2. The maximum Gasteiger partial charge on any atom is 0.212 e. The lowest BCUT2D eigenvalue weighted by molar-refractivity contribution is -0.0133. The first kappa shape index (κ1) is 20.4. The van der Waals surface area contributed by atoms with Crippen LogP contribution in [0.15, 0.2) is 54.6 Å². The van der Waals surface area contributed by atoms with Crippen LogP contribution in [0.1, 0.15) is 24.5 Å². The van der Waals surface area contributed by atoms with Crippen molar-refractivity contribution in [2.75, 3.05) is 26.5 Å². The molecule has 0 aliphatic carbocycles. The number of nitrogens with one attached hydrogen (secondary N) is 1. The summed E-state index contributed by atoms with van der Waals surface area (Å²) in [6.07, 6.45) is 1.10. The molecule has 1 N–H and O–H groups in total. The summed E-state index contributed by atoms with van der Waals surface area (Å²) in [6.45, 7) is 2.19. The van der Waals surface area contributed by atoms with Gasteiger partial charge in [0.05, 0.1) is 12.9 Å². The van der Waals surface area contributed by atoms with E-state index < -0.39 is 15.6 Å². The summed E-state index contributed by atoms with van der Waals surface area (Å²) >= 11 is 0. The highest BCUT2D eigenvalue weighted by Crippen LogP contribution is 2.28. The molecule has 2 aromatic rings. The lowest BCUT2D eigenvalue weighted by Gasteiger charge is -2.32. The highest BCUT2D eigenvalue weighted by Gasteiger charge is 2.31. The molecule has 0 aliphatic heterocycles. The number of rotatable bonds is 10. The van der Waals surface area contributed by atoms with Crippen LogP contribution in [0.2, 0.25) is 0 Å². The predicted molar refractivity (Wildman–Crippen MR) is 104 cm³/mol. The molecule has 26 heavy (non-hydrogen) atoms. The van der Waals surface area contributed by atoms with Gasteiger partial charge in [-0.2, -0.15) is 0 Å². The van der Waals surface area contributed by atoms with Crippen LogP contribution in [0.5, 0.6) is 5.75 Å². The van der Waals surface area contributed by atoms with E-state index in [9.17, 15) is 8.42 Å². The zero-order valence-electron chi connectivity index (χ0n) is 15.6. The van der Waals surface area contributed by atoms with Gasteiger partial charge in [-0.1, -0.05) is 49.4 Å². The third kappa shape index (κ3) is 5.30. The van der Waals surface area contributed by atoms with Crippen LogP contribution in [-0.4, -0.2) is 34.9 Å². The summed E-state index contributed by atoms with van der Waals surface area (Å²) in [6, 6.07) is 17.1. The molecule has 0 saturated carbocycles. The molecule has 0 saturated heterocycles. The van der Waals surface area contributed by atoms with Gasteiger partial charge < -0.3 is 9.47 Å². The SMILES string of the molecule is CC[C@@](CNS(=O)(=O)CCc1ccc(OC)cc1)(OC)c1ccccc1. The van der Waals surface area contributed by atoms with Crippen molar-refractivity contribution in [3.63, 3.8) is 0 Å². The molecule has 0 aliphatic rings. The molecule has 2 aromatic carbocycles. The Kier molecular flexibility index (Phi) is 7.20. The molecule has 1 atom stereocenters. The van der Waals surface area contributed by atoms with Crippen LogP contribution in [0.3, 0.4) is 0 Å². The van der Waals surface area contributed by atoms with E-state index in [1.165, 1.54) is 0 Å². The molecule has 0 radical (unpaired) electrons. The highest BCUT2D eigenvalue weighted by molar-refractivity contribution is 7.89. The van der Waals surface area contributed by atoms with E-state index in [4.69, 9.17) is 9.47 Å². The largest absolute Gasteiger partial charge is 0.497 e. The second-order valence-corrected chi connectivity index (χ2v) is 8.08. The van der Waals surface area contributed by atoms with Gasteiger partial charge in [0.25, 0.3) is 0 Å². The predicted octanol–water partition coefficient (Wildman–Crippen LogP) is 3.11. The zero-order valence-corrected chi connectivity index (χ0v) is 16.4. The Balaban J connectivity index is 2.00. The molecule has 2 rings (SSSR count). The quantitative estimate of drug-likeness (QED) is 0.691. The summed E-state index contributed by atoms with van der Waals surface area (Å²) in [5, 5.41) is 0. The van der Waals surface area contributed by atoms with Crippen molar-refractivity contribution in [2.45, 2.75) is 25.4 Å². The van der Waals surface area contributed by atoms with E-state index in [-0.39, 0.29) is 12.3 Å². The van der Waals surface area contributed by atoms with Gasteiger partial charge in [0.15, 0.2) is 0 Å². The molecule has 0 amide bonds. The first-order chi connectivity index (χ1) is 12.4. The molecule has 0 fully saturated rings. The first-order valence-corrected chi connectivity index (χ1v) is 10.3. The summed E-state index contributed by atoms with van der Waals surface area (Å²) in [7, 11) is -0.202. The smallest absolute Gasteiger partial charge is 0.212 e. The van der Waals surface area contributed by atoms with Crippen molar-refractivity contribution in [2.24, 2.45) is 0 Å². The normalized spacial score (nSPS) is 14.0. The van der Waals surface area contributed by atoms with Gasteiger partial charge in [0.1, 0.15) is 11.4 Å². The summed E-state index contributed by atoms with van der Waals surface area (Å²) in [4.78, 5) is 0. The maximum absolute atomic E-state index is 12.4. The molecule has 0 bridgehead atoms. The summed E-state index contributed by atoms with van der Waals surface area (Å²) < 4.78 is 38.4. The Morgan fingerprint density at radius 2 is 1.65 bits per heavy atom. The Morgan fingerprint density at radius 1 is 1.00 bits per heavy atom. The monoisotopic (exact) mass is 377 g/mol. The Hall–Kier alpha value is -1.89. The van der Waals surface area contributed by atoms with Crippen LogP contribution in [0.4, 0.5) is 0 Å². The lowest BCUT2D eigenvalue weighted by atomic mass is 9.91. The van der Waals surface area contributed by atoms with Gasteiger partial charge in [0, 0.05) is 13.7 Å². The van der Waals surface area contributed by atoms with E-state index in [2.05, 4.69) is 4.72 Å². The van der Waals surface area contributed by atoms with Gasteiger partial charge in [-0.3, -0.25) is 0 Å². The molecule has 0 heterocycles. The second-order valence-electron chi connectivity index (χ2n) is 6.16. The second kappa shape index (κ2) is 9.16. The Morgan fingerprint density at radius 3 is 2.19 bits per heavy atom. The van der Waals surface area contributed by atoms with Crippen molar-refractivity contribution in [3.05, 3.63) is 65.7 Å². The molecule has 142 valence electrons. The first-order valence-electron chi connectivity index (χ1n) is 8.65. The highest BCUT2D eigenvalue weighted by atomic mass is 32.2. The molecule has 5 nitrogen and oxygen atoms in total. The third-order valence-corrected chi connectivity index (χ3v) is 5.98. The van der Waals surface area contributed by atoms with Crippen molar-refractivity contribution in [3.8, 4) is 5.75 Å². The van der Waals surface area contributed by atoms with E-state index >= 15 is 0 Å². The fraction of sp³-hybridized carbons (Fsp3) is 0.400. The number of sulfonamides is 1. The van der Waals surface area contributed by atoms with Crippen molar-refractivity contribution >= 4 is 10.0 Å². The third-order valence-electron chi connectivity index (χ3n) is 4.66. The van der Waals surface area contributed by atoms with Crippen molar-refractivity contribution < 1.29 is 17.9 Å². The van der Waals surface area contributed by atoms with E-state index in [0.29, 0.717) is 12.8 Å². The molecule has 6 heteroatoms. The molecule has 0 unspecified atom stereocenters. The van der Waals surface area contributed by atoms with Crippen LogP contribution in [0, 0.1) is 0 Å². The van der Waals surface area contributed by atoms with Crippen LogP contribution in [-0.2, 0) is 26.8 Å². The number of aryl methyl sites for hydroxylation is 1. The molecule has 0 aromatic heterocycles. The van der Waals surface area contributed by atoms with Gasteiger partial charge >= 0.3 is 0 Å². The molecular formula is C20H27NO4S. The minimum absolute atomic E-state index is 0.0254. The van der Waals surface area contributed by atoms with Crippen LogP contribution in [0.25, 0.3) is 0 Å². The average Bonchev–Trinajstić information content (AvgIpc) is 2.69. The summed E-state index contributed by atoms with van der Waals surface area (Å²) in [5.41, 5.74) is 1.24. The Bertz CT molecular complexity index is 769. The van der Waals surface area contributed by atoms with Gasteiger partial charge in [-0.25, -0.2) is 13.1 Å². The van der Waals surface area contributed by atoms with Gasteiger partial charge in [-0.05, 0) is 36.1 Å². The minimum atomic E-state index is -3.42. The average molecular weight is 378 g/mol. The number of methoxy groups -OCH3 is 2. The summed E-state index contributed by atoms with van der Waals surface area (Å²) in [5.74, 6) is 0.780. The van der Waals surface area contributed by atoms with Gasteiger partial charge in [-0.15, -0.1) is 0 Å². The van der Waals surface area contributed by atoms with E-state index in [1.54, 1.807) is 14.2 Å². The fourth-order valence-electron chi connectivity index (χ4n) is 2.85. The standard InChI is InChI=1S/C20H27NO4S/c1-4-20(25-3,18-8-6-5-7-9-18)16-21-26(22,23)15-14-17-10-12-19(24-2)13-11-17/h5-13,21H,4,14-16H2,1-3H3/t20-/m0/s1. The topological polar surface area (TPSA) is 64.6 Å². The number of hydrogen-bond acceptors (Lipinski definition) is 4. The van der Waals surface area contributed by atoms with Crippen molar-refractivity contribution in [1.82, 2.24) is 4.72 Å². The van der Waals surface area contributed by atoms with Gasteiger partial charge in [0.2, 0.25) is 10.0 Å². The molecular weight excluding hydrogens is 350 g/mol. The van der Waals surface area contributed by atoms with E-state index in [0.717, 1.165) is 16.9 Å². The minimum Gasteiger partial charge on any atom is -0.497 e. The fourth-order valence-corrected chi connectivity index (χ4v) is 3.95. The van der Waals surface area contributed by atoms with E-state index in [1.807, 2.05) is 61.5 Å². The van der Waals surface area contributed by atoms with Crippen molar-refractivity contribution in [1.29, 1.82) is 0 Å².